The maximum atomic E-state index is 12.5. The van der Waals surface area contributed by atoms with Gasteiger partial charge in [0.25, 0.3) is 0 Å². The van der Waals surface area contributed by atoms with Crippen molar-refractivity contribution in [1.82, 2.24) is 14.8 Å². The number of pyridine rings is 1. The van der Waals surface area contributed by atoms with E-state index in [0.717, 1.165) is 44.6 Å². The first-order valence-corrected chi connectivity index (χ1v) is 11.0. The molecule has 1 aromatic heterocycles. The van der Waals surface area contributed by atoms with Gasteiger partial charge in [-0.3, -0.25) is 9.78 Å². The van der Waals surface area contributed by atoms with E-state index >= 15 is 0 Å². The Morgan fingerprint density at radius 3 is 2.52 bits per heavy atom. The number of alkyl halides is 3. The lowest BCUT2D eigenvalue weighted by molar-refractivity contribution is -0.127. The van der Waals surface area contributed by atoms with Gasteiger partial charge in [-0.1, -0.05) is 18.2 Å². The first-order valence-electron chi connectivity index (χ1n) is 10.2. The molecule has 0 spiro atoms. The molecular weight excluding hydrogens is 423 g/mol. The van der Waals surface area contributed by atoms with Gasteiger partial charge in [0.15, 0.2) is 0 Å². The molecule has 2 aromatic rings. The summed E-state index contributed by atoms with van der Waals surface area (Å²) < 4.78 is 37.2. The highest BCUT2D eigenvalue weighted by atomic mass is 32.2. The molecule has 2 heterocycles. The van der Waals surface area contributed by atoms with Crippen LogP contribution in [0.4, 0.5) is 13.2 Å². The molecule has 166 valence electrons. The molecule has 0 atom stereocenters. The average molecular weight is 450 g/mol. The monoisotopic (exact) mass is 449 g/mol. The molecule has 0 saturated carbocycles. The number of hydrogen-bond acceptors (Lipinski definition) is 4. The third-order valence-electron chi connectivity index (χ3n) is 5.39. The van der Waals surface area contributed by atoms with Gasteiger partial charge in [-0.2, -0.15) is 13.2 Å². The Labute approximate surface area is 185 Å². The number of piperidine rings is 1. The molecule has 1 aliphatic heterocycles. The Hall–Kier alpha value is -2.32. The fourth-order valence-electron chi connectivity index (χ4n) is 3.59. The summed E-state index contributed by atoms with van der Waals surface area (Å²) in [6.07, 6.45) is 7.69. The minimum atomic E-state index is -4.30. The second-order valence-corrected chi connectivity index (χ2v) is 8.68. The molecule has 0 radical (unpaired) electrons. The number of hydrogen-bond donors (Lipinski definition) is 0. The van der Waals surface area contributed by atoms with Crippen LogP contribution in [0.1, 0.15) is 24.1 Å². The Kier molecular flexibility index (Phi) is 8.15. The smallest absolute Gasteiger partial charge is 0.339 e. The van der Waals surface area contributed by atoms with Gasteiger partial charge in [-0.15, -0.1) is 0 Å². The molecule has 0 aliphatic carbocycles. The van der Waals surface area contributed by atoms with E-state index in [-0.39, 0.29) is 28.6 Å². The summed E-state index contributed by atoms with van der Waals surface area (Å²) in [4.78, 5) is 21.2. The fraction of sp³-hybridized carbons (Fsp3) is 0.391. The number of rotatable bonds is 7. The van der Waals surface area contributed by atoms with Crippen molar-refractivity contribution in [3.05, 3.63) is 66.0 Å². The molecular formula is C23H26F3N3OS. The predicted octanol–water partition coefficient (Wildman–Crippen LogP) is 4.87. The van der Waals surface area contributed by atoms with Gasteiger partial charge in [0.05, 0.1) is 0 Å². The number of halogens is 3. The van der Waals surface area contributed by atoms with Crippen molar-refractivity contribution in [3.63, 3.8) is 0 Å². The molecule has 0 N–H and O–H groups in total. The van der Waals surface area contributed by atoms with Crippen LogP contribution in [-0.4, -0.2) is 58.9 Å². The van der Waals surface area contributed by atoms with Gasteiger partial charge in [0.1, 0.15) is 0 Å². The molecule has 1 amide bonds. The third kappa shape index (κ3) is 7.70. The Bertz CT molecular complexity index is 864. The first kappa shape index (κ1) is 23.3. The molecule has 1 fully saturated rings. The molecule has 4 nitrogen and oxygen atoms in total. The summed E-state index contributed by atoms with van der Waals surface area (Å²) >= 11 is -0.147. The predicted molar refractivity (Wildman–Crippen MR) is 118 cm³/mol. The van der Waals surface area contributed by atoms with Crippen molar-refractivity contribution in [2.45, 2.75) is 35.7 Å². The fourth-order valence-corrected chi connectivity index (χ4v) is 4.13. The lowest BCUT2D eigenvalue weighted by atomic mass is 10.0. The molecule has 0 unspecified atom stereocenters. The summed E-state index contributed by atoms with van der Waals surface area (Å²) in [5, 5.41) is 0. The molecule has 0 bridgehead atoms. The van der Waals surface area contributed by atoms with E-state index in [4.69, 9.17) is 0 Å². The second kappa shape index (κ2) is 10.8. The van der Waals surface area contributed by atoms with Crippen molar-refractivity contribution in [2.24, 2.45) is 0 Å². The Balaban J connectivity index is 1.44. The number of carbonyl (C=O) groups excluding carboxylic acids is 1. The molecule has 8 heteroatoms. The Morgan fingerprint density at radius 2 is 1.90 bits per heavy atom. The minimum absolute atomic E-state index is 0.0966. The van der Waals surface area contributed by atoms with Crippen LogP contribution in [-0.2, 0) is 11.2 Å². The van der Waals surface area contributed by atoms with E-state index in [1.54, 1.807) is 23.1 Å². The summed E-state index contributed by atoms with van der Waals surface area (Å²) in [6, 6.07) is 12.1. The third-order valence-corrected chi connectivity index (χ3v) is 6.13. The van der Waals surface area contributed by atoms with E-state index in [1.807, 2.05) is 31.4 Å². The van der Waals surface area contributed by atoms with Crippen molar-refractivity contribution in [2.75, 3.05) is 26.7 Å². The topological polar surface area (TPSA) is 36.4 Å². The van der Waals surface area contributed by atoms with E-state index in [1.165, 1.54) is 18.2 Å². The van der Waals surface area contributed by atoms with Crippen molar-refractivity contribution in [3.8, 4) is 0 Å². The number of aromatic nitrogens is 1. The zero-order valence-electron chi connectivity index (χ0n) is 17.4. The van der Waals surface area contributed by atoms with Crippen LogP contribution in [0.3, 0.4) is 0 Å². The second-order valence-electron chi connectivity index (χ2n) is 7.54. The normalized spacial score (nSPS) is 16.0. The first-order chi connectivity index (χ1) is 14.8. The van der Waals surface area contributed by atoms with Crippen LogP contribution >= 0.6 is 11.8 Å². The molecule has 1 aliphatic rings. The number of likely N-dealkylation sites (N-methyl/N-ethyl adjacent to an activating group) is 1. The lowest BCUT2D eigenvalue weighted by Gasteiger charge is -2.36. The van der Waals surface area contributed by atoms with Crippen LogP contribution in [0.5, 0.6) is 0 Å². The van der Waals surface area contributed by atoms with Gasteiger partial charge in [-0.05, 0) is 60.5 Å². The highest BCUT2D eigenvalue weighted by Crippen LogP contribution is 2.36. The van der Waals surface area contributed by atoms with Crippen molar-refractivity contribution >= 4 is 23.7 Å². The molecule has 1 saturated heterocycles. The maximum Gasteiger partial charge on any atom is 0.446 e. The quantitative estimate of drug-likeness (QED) is 0.446. The Morgan fingerprint density at radius 1 is 1.19 bits per heavy atom. The van der Waals surface area contributed by atoms with Gasteiger partial charge < -0.3 is 9.80 Å². The van der Waals surface area contributed by atoms with Crippen LogP contribution in [0.15, 0.2) is 59.6 Å². The largest absolute Gasteiger partial charge is 0.446 e. The summed E-state index contributed by atoms with van der Waals surface area (Å²) in [5.41, 5.74) is -2.52. The van der Waals surface area contributed by atoms with E-state index in [2.05, 4.69) is 9.88 Å². The summed E-state index contributed by atoms with van der Waals surface area (Å²) in [6.45, 7) is 2.85. The van der Waals surface area contributed by atoms with Crippen LogP contribution in [0.2, 0.25) is 0 Å². The number of nitrogens with zero attached hydrogens (tertiary/aromatic N) is 3. The molecule has 3 rings (SSSR count). The van der Waals surface area contributed by atoms with Gasteiger partial charge >= 0.3 is 5.51 Å². The zero-order valence-corrected chi connectivity index (χ0v) is 18.2. The van der Waals surface area contributed by atoms with E-state index in [9.17, 15) is 18.0 Å². The van der Waals surface area contributed by atoms with Crippen molar-refractivity contribution < 1.29 is 18.0 Å². The van der Waals surface area contributed by atoms with E-state index < -0.39 is 5.51 Å². The highest BCUT2D eigenvalue weighted by molar-refractivity contribution is 8.00. The van der Waals surface area contributed by atoms with Gasteiger partial charge in [-0.25, -0.2) is 0 Å². The van der Waals surface area contributed by atoms with Crippen molar-refractivity contribution in [1.29, 1.82) is 0 Å². The average Bonchev–Trinajstić information content (AvgIpc) is 2.76. The van der Waals surface area contributed by atoms with Crippen LogP contribution in [0.25, 0.3) is 6.08 Å². The van der Waals surface area contributed by atoms with E-state index in [0.29, 0.717) is 5.56 Å². The highest BCUT2D eigenvalue weighted by Gasteiger charge is 2.29. The number of carbonyl (C=O) groups is 1. The summed E-state index contributed by atoms with van der Waals surface area (Å²) in [7, 11) is 1.81. The summed E-state index contributed by atoms with van der Waals surface area (Å²) in [5.74, 6) is -0.0966. The molecule has 31 heavy (non-hydrogen) atoms. The van der Waals surface area contributed by atoms with Gasteiger partial charge in [0, 0.05) is 62.0 Å². The number of benzene rings is 1. The number of thioether (sulfide) groups is 1. The lowest BCUT2D eigenvalue weighted by Crippen LogP contribution is -2.45. The standard InChI is InChI=1S/C23H26F3N3OS/c1-28(20-12-16-29(17-13-20)15-11-19-4-2-3-14-27-19)22(30)10-7-18-5-8-21(9-6-18)31-23(24,25)26/h2-10,14,20H,11-13,15-17H2,1H3/b10-7+. The number of likely N-dealkylation sites (tertiary alicyclic amines) is 1. The van der Waals surface area contributed by atoms with Crippen LogP contribution < -0.4 is 0 Å². The minimum Gasteiger partial charge on any atom is -0.339 e. The molecule has 1 aromatic carbocycles. The van der Waals surface area contributed by atoms with Crippen LogP contribution in [0, 0.1) is 0 Å². The van der Waals surface area contributed by atoms with Gasteiger partial charge in [0.2, 0.25) is 5.91 Å². The SMILES string of the molecule is CN(C(=O)/C=C/c1ccc(SC(F)(F)F)cc1)C1CCN(CCc2ccccn2)CC1. The maximum absolute atomic E-state index is 12.5. The number of amides is 1. The zero-order chi connectivity index (χ0) is 22.3.